The maximum atomic E-state index is 15.8. The summed E-state index contributed by atoms with van der Waals surface area (Å²) in [6.45, 7) is -0.0396. The minimum Gasteiger partial charge on any atom is -0.497 e. The molecule has 4 aromatic rings. The van der Waals surface area contributed by atoms with Crippen molar-refractivity contribution in [2.24, 2.45) is 0 Å². The van der Waals surface area contributed by atoms with Crippen molar-refractivity contribution < 1.29 is 23.8 Å². The normalized spacial score (nSPS) is 11.2. The monoisotopic (exact) mass is 560 g/mol. The number of hydrogen-bond donors (Lipinski definition) is 1. The number of ketones is 1. The van der Waals surface area contributed by atoms with Gasteiger partial charge in [0.1, 0.15) is 17.9 Å². The van der Waals surface area contributed by atoms with E-state index >= 15 is 4.39 Å². The van der Waals surface area contributed by atoms with Crippen LogP contribution in [0.3, 0.4) is 0 Å². The number of methoxy groups -OCH3 is 1. The second kappa shape index (κ2) is 11.3. The van der Waals surface area contributed by atoms with Gasteiger partial charge >= 0.3 is 0 Å². The largest absolute Gasteiger partial charge is 0.497 e. The maximum Gasteiger partial charge on any atom is 0.188 e. The van der Waals surface area contributed by atoms with Gasteiger partial charge in [0.2, 0.25) is 0 Å². The topological polar surface area (TPSA) is 73.6 Å². The summed E-state index contributed by atoms with van der Waals surface area (Å²) in [7, 11) is 1.60. The summed E-state index contributed by atoms with van der Waals surface area (Å²) in [6.07, 6.45) is 1.67. The molecule has 0 spiro atoms. The first-order valence-corrected chi connectivity index (χ1v) is 12.0. The van der Waals surface area contributed by atoms with Crippen molar-refractivity contribution in [3.8, 4) is 5.75 Å². The zero-order valence-corrected chi connectivity index (χ0v) is 21.3. The molecule has 0 saturated heterocycles. The highest BCUT2D eigenvalue weighted by Crippen LogP contribution is 2.30. The van der Waals surface area contributed by atoms with Crippen LogP contribution in [0.4, 0.5) is 4.39 Å². The van der Waals surface area contributed by atoms with Gasteiger partial charge in [0.05, 0.1) is 32.2 Å². The summed E-state index contributed by atoms with van der Waals surface area (Å²) < 4.78 is 28.9. The minimum atomic E-state index is -0.569. The number of aliphatic hydroxyl groups excluding tert-OH is 1. The molecule has 0 amide bonds. The first-order chi connectivity index (χ1) is 16.9. The van der Waals surface area contributed by atoms with E-state index in [1.807, 2.05) is 30.3 Å². The van der Waals surface area contributed by atoms with Crippen LogP contribution < -0.4 is 4.74 Å². The molecular formula is C26H23BrClFN2O4. The van der Waals surface area contributed by atoms with Crippen molar-refractivity contribution in [1.82, 2.24) is 9.55 Å². The molecule has 0 aliphatic heterocycles. The van der Waals surface area contributed by atoms with Gasteiger partial charge in [-0.05, 0) is 41.5 Å². The number of carbonyl (C=O) groups excluding carboxylic acids is 1. The summed E-state index contributed by atoms with van der Waals surface area (Å²) in [6, 6.07) is 14.5. The van der Waals surface area contributed by atoms with E-state index in [-0.39, 0.29) is 48.7 Å². The van der Waals surface area contributed by atoms with Crippen LogP contribution in [-0.2, 0) is 17.7 Å². The molecule has 0 unspecified atom stereocenters. The number of aromatic nitrogens is 2. The lowest BCUT2D eigenvalue weighted by atomic mass is 9.95. The highest BCUT2D eigenvalue weighted by Gasteiger charge is 2.22. The highest BCUT2D eigenvalue weighted by atomic mass is 79.9. The third-order valence-corrected chi connectivity index (χ3v) is 6.47. The van der Waals surface area contributed by atoms with Crippen LogP contribution in [0.25, 0.3) is 11.0 Å². The van der Waals surface area contributed by atoms with Crippen molar-refractivity contribution in [3.63, 3.8) is 0 Å². The molecule has 0 atom stereocenters. The van der Waals surface area contributed by atoms with Gasteiger partial charge in [0, 0.05) is 33.6 Å². The van der Waals surface area contributed by atoms with E-state index in [0.717, 1.165) is 15.8 Å². The highest BCUT2D eigenvalue weighted by molar-refractivity contribution is 9.10. The molecule has 35 heavy (non-hydrogen) atoms. The number of fused-ring (bicyclic) bond motifs is 1. The molecule has 1 heterocycles. The number of halogens is 3. The van der Waals surface area contributed by atoms with Gasteiger partial charge in [0.15, 0.2) is 11.6 Å². The number of hydrogen-bond acceptors (Lipinski definition) is 5. The molecule has 0 radical (unpaired) electrons. The zero-order valence-electron chi connectivity index (χ0n) is 18.9. The first-order valence-electron chi connectivity index (χ1n) is 10.9. The standard InChI is InChI=1S/C26H23BrClFN2O4/c1-34-19-6-2-16(3-7-19)13-31-15-30-26-23(31)12-20(24(33)14-35-9-8-32)21(25(26)29)10-17-4-5-18(27)11-22(17)28/h2-7,11-12,15,32H,8-10,13-14H2,1H3. The second-order valence-corrected chi connectivity index (χ2v) is 9.24. The Hall–Kier alpha value is -2.78. The van der Waals surface area contributed by atoms with Gasteiger partial charge in [0.25, 0.3) is 0 Å². The number of imidazole rings is 1. The molecule has 0 bridgehead atoms. The van der Waals surface area contributed by atoms with Crippen LogP contribution >= 0.6 is 27.5 Å². The fourth-order valence-electron chi connectivity index (χ4n) is 3.84. The van der Waals surface area contributed by atoms with Crippen molar-refractivity contribution in [2.75, 3.05) is 26.9 Å². The average Bonchev–Trinajstić information content (AvgIpc) is 3.25. The van der Waals surface area contributed by atoms with Crippen molar-refractivity contribution >= 4 is 44.3 Å². The summed E-state index contributed by atoms with van der Waals surface area (Å²) in [5.74, 6) is -0.220. The summed E-state index contributed by atoms with van der Waals surface area (Å²) in [5.41, 5.74) is 2.72. The number of Topliss-reactive ketones (excluding diaryl/α,β-unsaturated/α-hetero) is 1. The Labute approximate surface area is 215 Å². The molecule has 182 valence electrons. The molecule has 0 fully saturated rings. The molecule has 1 N–H and O–H groups in total. The van der Waals surface area contributed by atoms with Gasteiger partial charge < -0.3 is 19.1 Å². The lowest BCUT2D eigenvalue weighted by Crippen LogP contribution is -2.15. The lowest BCUT2D eigenvalue weighted by Gasteiger charge is -2.14. The Bertz CT molecular complexity index is 1360. The Morgan fingerprint density at radius 3 is 2.66 bits per heavy atom. The number of aliphatic hydroxyl groups is 1. The quantitative estimate of drug-likeness (QED) is 0.206. The minimum absolute atomic E-state index is 0.0136. The average molecular weight is 562 g/mol. The van der Waals surface area contributed by atoms with E-state index in [4.69, 9.17) is 26.2 Å². The van der Waals surface area contributed by atoms with Crippen molar-refractivity contribution in [1.29, 1.82) is 0 Å². The van der Waals surface area contributed by atoms with E-state index in [9.17, 15) is 4.79 Å². The second-order valence-electron chi connectivity index (χ2n) is 7.92. The van der Waals surface area contributed by atoms with Crippen molar-refractivity contribution in [2.45, 2.75) is 13.0 Å². The van der Waals surface area contributed by atoms with Crippen molar-refractivity contribution in [3.05, 3.63) is 92.4 Å². The smallest absolute Gasteiger partial charge is 0.188 e. The molecule has 0 saturated carbocycles. The Kier molecular flexibility index (Phi) is 8.18. The molecule has 0 aliphatic rings. The van der Waals surface area contributed by atoms with E-state index in [1.165, 1.54) is 0 Å². The van der Waals surface area contributed by atoms with Crippen LogP contribution in [0.15, 0.2) is 59.3 Å². The summed E-state index contributed by atoms with van der Waals surface area (Å²) in [5, 5.41) is 9.44. The van der Waals surface area contributed by atoms with Crippen LogP contribution in [0.2, 0.25) is 5.02 Å². The Balaban J connectivity index is 1.77. The molecule has 1 aromatic heterocycles. The van der Waals surface area contributed by atoms with Gasteiger partial charge in [-0.1, -0.05) is 45.7 Å². The number of ether oxygens (including phenoxy) is 2. The number of benzene rings is 3. The predicted molar refractivity (Wildman–Crippen MR) is 136 cm³/mol. The molecule has 6 nitrogen and oxygen atoms in total. The van der Waals surface area contributed by atoms with Gasteiger partial charge in [-0.3, -0.25) is 4.79 Å². The lowest BCUT2D eigenvalue weighted by molar-refractivity contribution is 0.0663. The molecule has 4 rings (SSSR count). The Morgan fingerprint density at radius 2 is 1.97 bits per heavy atom. The van der Waals surface area contributed by atoms with E-state index in [2.05, 4.69) is 20.9 Å². The maximum absolute atomic E-state index is 15.8. The fraction of sp³-hybridized carbons (Fsp3) is 0.231. The van der Waals surface area contributed by atoms with E-state index in [0.29, 0.717) is 22.6 Å². The van der Waals surface area contributed by atoms with Gasteiger partial charge in [-0.15, -0.1) is 0 Å². The van der Waals surface area contributed by atoms with E-state index in [1.54, 1.807) is 36.2 Å². The predicted octanol–water partition coefficient (Wildman–Crippen LogP) is 5.43. The third kappa shape index (κ3) is 5.73. The number of carbonyl (C=O) groups is 1. The van der Waals surface area contributed by atoms with Crippen LogP contribution in [0.5, 0.6) is 5.75 Å². The molecular weight excluding hydrogens is 539 g/mol. The van der Waals surface area contributed by atoms with Crippen LogP contribution in [-0.4, -0.2) is 47.4 Å². The summed E-state index contributed by atoms with van der Waals surface area (Å²) in [4.78, 5) is 17.4. The summed E-state index contributed by atoms with van der Waals surface area (Å²) >= 11 is 9.75. The Morgan fingerprint density at radius 1 is 1.20 bits per heavy atom. The molecule has 0 aliphatic carbocycles. The number of nitrogens with zero attached hydrogens (tertiary/aromatic N) is 2. The van der Waals surface area contributed by atoms with E-state index < -0.39 is 5.82 Å². The fourth-order valence-corrected chi connectivity index (χ4v) is 4.58. The SMILES string of the molecule is COc1ccc(Cn2cnc3c(F)c(Cc4ccc(Br)cc4Cl)c(C(=O)COCCO)cc32)cc1. The first kappa shape index (κ1) is 25.3. The van der Waals surface area contributed by atoms with Crippen LogP contribution in [0, 0.1) is 5.82 Å². The zero-order chi connectivity index (χ0) is 24.9. The van der Waals surface area contributed by atoms with Gasteiger partial charge in [-0.2, -0.15) is 0 Å². The molecule has 3 aromatic carbocycles. The van der Waals surface area contributed by atoms with Gasteiger partial charge in [-0.25, -0.2) is 9.37 Å². The number of rotatable bonds is 10. The van der Waals surface area contributed by atoms with Crippen LogP contribution in [0.1, 0.15) is 27.0 Å². The third-order valence-electron chi connectivity index (χ3n) is 5.62. The molecule has 9 heteroatoms.